The van der Waals surface area contributed by atoms with Crippen molar-refractivity contribution >= 4 is 15.9 Å². The number of nitrogens with one attached hydrogen (secondary N) is 2. The van der Waals surface area contributed by atoms with Gasteiger partial charge < -0.3 is 5.32 Å². The lowest BCUT2D eigenvalue weighted by atomic mass is 9.96. The molecule has 0 saturated heterocycles. The van der Waals surface area contributed by atoms with Crippen molar-refractivity contribution in [2.24, 2.45) is 0 Å². The lowest BCUT2D eigenvalue weighted by molar-refractivity contribution is -0.123. The first-order chi connectivity index (χ1) is 14.4. The van der Waals surface area contributed by atoms with E-state index in [-0.39, 0.29) is 23.3 Å². The van der Waals surface area contributed by atoms with Gasteiger partial charge in [0, 0.05) is 6.04 Å². The molecule has 1 atom stereocenters. The number of halogens is 1. The van der Waals surface area contributed by atoms with Crippen LogP contribution >= 0.6 is 0 Å². The van der Waals surface area contributed by atoms with E-state index >= 15 is 0 Å². The number of amides is 1. The molecule has 1 saturated carbocycles. The minimum Gasteiger partial charge on any atom is -0.352 e. The van der Waals surface area contributed by atoms with Crippen molar-refractivity contribution in [3.8, 4) is 0 Å². The van der Waals surface area contributed by atoms with Crippen LogP contribution in [0.15, 0.2) is 59.5 Å². The van der Waals surface area contributed by atoms with Crippen molar-refractivity contribution in [1.82, 2.24) is 10.0 Å². The van der Waals surface area contributed by atoms with Crippen LogP contribution in [-0.4, -0.2) is 26.4 Å². The molecule has 0 heterocycles. The Morgan fingerprint density at radius 2 is 1.53 bits per heavy atom. The van der Waals surface area contributed by atoms with Crippen molar-refractivity contribution in [3.63, 3.8) is 0 Å². The highest BCUT2D eigenvalue weighted by Crippen LogP contribution is 2.18. The van der Waals surface area contributed by atoms with Gasteiger partial charge in [0.15, 0.2) is 0 Å². The summed E-state index contributed by atoms with van der Waals surface area (Å²) in [7, 11) is -3.97. The fourth-order valence-corrected chi connectivity index (χ4v) is 5.00. The number of rotatable bonds is 7. The van der Waals surface area contributed by atoms with Crippen LogP contribution in [0.4, 0.5) is 4.39 Å². The molecule has 162 valence electrons. The highest BCUT2D eigenvalue weighted by molar-refractivity contribution is 7.89. The maximum atomic E-state index is 13.2. The topological polar surface area (TPSA) is 75.3 Å². The van der Waals surface area contributed by atoms with Crippen LogP contribution in [-0.2, 0) is 21.2 Å². The summed E-state index contributed by atoms with van der Waals surface area (Å²) in [6, 6.07) is 13.0. The van der Waals surface area contributed by atoms with Crippen molar-refractivity contribution in [2.75, 3.05) is 0 Å². The first-order valence-corrected chi connectivity index (χ1v) is 12.0. The SMILES string of the molecule is O=C(NC1CCCCCCC1)C(Cc1ccccc1)NS(=O)(=O)c1ccc(F)cc1. The largest absolute Gasteiger partial charge is 0.352 e. The second-order valence-corrected chi connectivity index (χ2v) is 9.58. The molecule has 0 bridgehead atoms. The quantitative estimate of drug-likeness (QED) is 0.696. The van der Waals surface area contributed by atoms with E-state index in [0.717, 1.165) is 56.2 Å². The molecule has 1 fully saturated rings. The third kappa shape index (κ3) is 6.64. The van der Waals surface area contributed by atoms with Gasteiger partial charge in [-0.3, -0.25) is 4.79 Å². The molecule has 0 aromatic heterocycles. The van der Waals surface area contributed by atoms with E-state index in [1.165, 1.54) is 18.6 Å². The lowest BCUT2D eigenvalue weighted by Gasteiger charge is -2.25. The molecule has 5 nitrogen and oxygen atoms in total. The van der Waals surface area contributed by atoms with Crippen LogP contribution in [0.3, 0.4) is 0 Å². The smallest absolute Gasteiger partial charge is 0.241 e. The second-order valence-electron chi connectivity index (χ2n) is 7.87. The molecule has 0 spiro atoms. The summed E-state index contributed by atoms with van der Waals surface area (Å²) in [6.45, 7) is 0. The van der Waals surface area contributed by atoms with E-state index in [0.29, 0.717) is 0 Å². The number of carbonyl (C=O) groups is 1. The van der Waals surface area contributed by atoms with Gasteiger partial charge >= 0.3 is 0 Å². The summed E-state index contributed by atoms with van der Waals surface area (Å²) in [5.41, 5.74) is 0.858. The molecule has 1 unspecified atom stereocenters. The standard InChI is InChI=1S/C23H29FN2O3S/c24-19-13-15-21(16-14-19)30(28,29)26-22(17-18-9-5-4-6-10-18)23(27)25-20-11-7-2-1-3-8-12-20/h4-6,9-10,13-16,20,22,26H,1-3,7-8,11-12,17H2,(H,25,27). The molecule has 1 aliphatic rings. The summed E-state index contributed by atoms with van der Waals surface area (Å²) in [6.07, 6.45) is 7.75. The number of hydrogen-bond acceptors (Lipinski definition) is 3. The maximum Gasteiger partial charge on any atom is 0.241 e. The number of carbonyl (C=O) groups excluding carboxylic acids is 1. The molecule has 7 heteroatoms. The Bertz CT molecular complexity index is 909. The van der Waals surface area contributed by atoms with E-state index in [1.54, 1.807) is 0 Å². The zero-order valence-corrected chi connectivity index (χ0v) is 17.8. The number of hydrogen-bond donors (Lipinski definition) is 2. The van der Waals surface area contributed by atoms with Crippen molar-refractivity contribution < 1.29 is 17.6 Å². The van der Waals surface area contributed by atoms with Crippen LogP contribution in [0.2, 0.25) is 0 Å². The Hall–Kier alpha value is -2.25. The van der Waals surface area contributed by atoms with Crippen molar-refractivity contribution in [2.45, 2.75) is 68.3 Å². The van der Waals surface area contributed by atoms with Crippen molar-refractivity contribution in [1.29, 1.82) is 0 Å². The second kappa shape index (κ2) is 10.7. The zero-order valence-electron chi connectivity index (χ0n) is 17.0. The first-order valence-electron chi connectivity index (χ1n) is 10.6. The van der Waals surface area contributed by atoms with Crippen molar-refractivity contribution in [3.05, 3.63) is 66.0 Å². The van der Waals surface area contributed by atoms with E-state index in [4.69, 9.17) is 0 Å². The van der Waals surface area contributed by atoms with Crippen LogP contribution in [0.25, 0.3) is 0 Å². The Kier molecular flexibility index (Phi) is 7.99. The van der Waals surface area contributed by atoms with E-state index in [1.807, 2.05) is 30.3 Å². The summed E-state index contributed by atoms with van der Waals surface area (Å²) >= 11 is 0. The molecule has 3 rings (SSSR count). The summed E-state index contributed by atoms with van der Waals surface area (Å²) in [5.74, 6) is -0.841. The summed E-state index contributed by atoms with van der Waals surface area (Å²) in [4.78, 5) is 13.0. The number of benzene rings is 2. The maximum absolute atomic E-state index is 13.2. The van der Waals surface area contributed by atoms with Gasteiger partial charge in [0.2, 0.25) is 15.9 Å². The first kappa shape index (κ1) is 22.4. The van der Waals surface area contributed by atoms with E-state index in [9.17, 15) is 17.6 Å². The van der Waals surface area contributed by atoms with Gasteiger partial charge in [0.05, 0.1) is 4.90 Å². The third-order valence-corrected chi connectivity index (χ3v) is 6.96. The summed E-state index contributed by atoms with van der Waals surface area (Å²) < 4.78 is 41.4. The average Bonchev–Trinajstić information content (AvgIpc) is 2.70. The van der Waals surface area contributed by atoms with Crippen LogP contribution < -0.4 is 10.0 Å². The molecule has 0 aliphatic heterocycles. The highest BCUT2D eigenvalue weighted by Gasteiger charge is 2.27. The van der Waals surface area contributed by atoms with E-state index in [2.05, 4.69) is 10.0 Å². The van der Waals surface area contributed by atoms with Crippen LogP contribution in [0, 0.1) is 5.82 Å². The van der Waals surface area contributed by atoms with Gasteiger partial charge in [-0.2, -0.15) is 4.72 Å². The molecule has 1 amide bonds. The predicted molar refractivity (Wildman–Crippen MR) is 115 cm³/mol. The fourth-order valence-electron chi connectivity index (χ4n) is 3.81. The van der Waals surface area contributed by atoms with Gasteiger partial charge in [-0.25, -0.2) is 12.8 Å². The van der Waals surface area contributed by atoms with Gasteiger partial charge in [0.1, 0.15) is 11.9 Å². The lowest BCUT2D eigenvalue weighted by Crippen LogP contribution is -2.50. The third-order valence-electron chi connectivity index (χ3n) is 5.47. The average molecular weight is 433 g/mol. The molecular weight excluding hydrogens is 403 g/mol. The summed E-state index contributed by atoms with van der Waals surface area (Å²) in [5, 5.41) is 3.06. The molecule has 2 N–H and O–H groups in total. The highest BCUT2D eigenvalue weighted by atomic mass is 32.2. The zero-order chi connectivity index (χ0) is 21.4. The molecule has 2 aromatic rings. The van der Waals surface area contributed by atoms with Crippen LogP contribution in [0.1, 0.15) is 50.5 Å². The molecule has 2 aromatic carbocycles. The fraction of sp³-hybridized carbons (Fsp3) is 0.435. The Morgan fingerprint density at radius 3 is 2.17 bits per heavy atom. The van der Waals surface area contributed by atoms with Gasteiger partial charge in [-0.1, -0.05) is 62.4 Å². The normalized spacial score (nSPS) is 17.0. The molecular formula is C23H29FN2O3S. The van der Waals surface area contributed by atoms with Gasteiger partial charge in [-0.05, 0) is 49.1 Å². The number of sulfonamides is 1. The Balaban J connectivity index is 1.76. The monoisotopic (exact) mass is 432 g/mol. The van der Waals surface area contributed by atoms with E-state index < -0.39 is 21.9 Å². The minimum atomic E-state index is -3.97. The Labute approximate surface area is 178 Å². The van der Waals surface area contributed by atoms with Crippen LogP contribution in [0.5, 0.6) is 0 Å². The van der Waals surface area contributed by atoms with Gasteiger partial charge in [-0.15, -0.1) is 0 Å². The Morgan fingerprint density at radius 1 is 0.933 bits per heavy atom. The minimum absolute atomic E-state index is 0.0615. The molecule has 0 radical (unpaired) electrons. The predicted octanol–water partition coefficient (Wildman–Crippen LogP) is 3.94. The van der Waals surface area contributed by atoms with Gasteiger partial charge in [0.25, 0.3) is 0 Å². The molecule has 30 heavy (non-hydrogen) atoms. The molecule has 1 aliphatic carbocycles.